The molecule has 18 nitrogen and oxygen atoms in total. The number of nitrogens with one attached hydrogen (secondary N) is 1. The summed E-state index contributed by atoms with van der Waals surface area (Å²) in [4.78, 5) is 53.2. The largest absolute Gasteiger partial charge is 0.491 e. The number of ether oxygens (including phenoxy) is 1. The van der Waals surface area contributed by atoms with E-state index in [1.807, 2.05) is 55.2 Å². The summed E-state index contributed by atoms with van der Waals surface area (Å²) in [6.45, 7) is 9.31. The first-order valence-electron chi connectivity index (χ1n) is 19.1. The smallest absolute Gasteiger partial charge is 0.276 e. The number of hydrogen-bond donors (Lipinski definition) is 4. The van der Waals surface area contributed by atoms with E-state index in [1.165, 1.54) is 6.26 Å². The summed E-state index contributed by atoms with van der Waals surface area (Å²) in [7, 11) is 0. The number of aliphatic hydroxyl groups excluding tert-OH is 1. The van der Waals surface area contributed by atoms with E-state index in [-0.39, 0.29) is 43.4 Å². The molecule has 0 radical (unpaired) electrons. The van der Waals surface area contributed by atoms with Crippen molar-refractivity contribution >= 4 is 67.6 Å². The molecule has 0 aliphatic heterocycles. The number of anilines is 1. The Morgan fingerprint density at radius 1 is 0.881 bits per heavy atom. The van der Waals surface area contributed by atoms with Crippen LogP contribution < -0.4 is 21.5 Å². The lowest BCUT2D eigenvalue weighted by Gasteiger charge is -2.12. The molecule has 0 bridgehead atoms. The molecule has 0 unspecified atom stereocenters. The predicted octanol–water partition coefficient (Wildman–Crippen LogP) is 4.86. The number of carbonyl (C=O) groups excluding carboxylic acids is 3. The average molecular weight is 799 g/mol. The fraction of sp³-hybridized carbons (Fsp3) is 0.268. The Balaban J connectivity index is 1.25. The molecule has 3 amide bonds. The molecule has 0 fully saturated rings. The minimum absolute atomic E-state index is 0.0782. The highest BCUT2D eigenvalue weighted by molar-refractivity contribution is 6.14. The van der Waals surface area contributed by atoms with Crippen LogP contribution in [0.25, 0.3) is 55.5 Å². The fourth-order valence-corrected chi connectivity index (χ4v) is 7.43. The number of hydrogen-bond acceptors (Lipinski definition) is 11. The van der Waals surface area contributed by atoms with Crippen LogP contribution >= 0.6 is 0 Å². The highest BCUT2D eigenvalue weighted by atomic mass is 16.5. The van der Waals surface area contributed by atoms with Gasteiger partial charge in [-0.2, -0.15) is 10.2 Å². The van der Waals surface area contributed by atoms with Crippen LogP contribution in [0.15, 0.2) is 65.4 Å². The van der Waals surface area contributed by atoms with Gasteiger partial charge in [0.1, 0.15) is 28.3 Å². The maximum atomic E-state index is 13.7. The van der Waals surface area contributed by atoms with Crippen molar-refractivity contribution in [3.05, 3.63) is 89.2 Å². The fourth-order valence-electron chi connectivity index (χ4n) is 7.43. The maximum absolute atomic E-state index is 13.7. The molecule has 0 atom stereocenters. The summed E-state index contributed by atoms with van der Waals surface area (Å²) in [6.07, 6.45) is 7.41. The first-order valence-corrected chi connectivity index (χ1v) is 19.1. The molecule has 59 heavy (non-hydrogen) atoms. The number of allylic oxidation sites excluding steroid dienone is 2. The van der Waals surface area contributed by atoms with Crippen molar-refractivity contribution in [2.45, 2.75) is 60.3 Å². The number of furan rings is 1. The van der Waals surface area contributed by atoms with Crippen LogP contribution in [0.4, 0.5) is 5.95 Å². The van der Waals surface area contributed by atoms with Gasteiger partial charge in [-0.1, -0.05) is 12.2 Å². The van der Waals surface area contributed by atoms with Crippen LogP contribution in [0.1, 0.15) is 62.9 Å². The van der Waals surface area contributed by atoms with E-state index in [0.717, 1.165) is 11.4 Å². The standard InChI is InChI=1S/C41H42N12O6/c1-5-52-30(16-22(3)48-52)38-44-21-28-26-18-24(36(42)55)19-32(58-14-9-13-54)33(26)50(39(28)46-38)11-7-8-12-51-34-29(20-27(37(43)56)25-10-15-59-35(25)34)45-41(51)47-40(57)31-17-23(4)49-53(31)6-2/h7-8,10,15-21,54H,5-6,9,11-14H2,1-4H3,(H2,42,55)(H2,43,56)(H,45,47,57)/b8-7+. The van der Waals surface area contributed by atoms with E-state index in [9.17, 15) is 19.5 Å². The van der Waals surface area contributed by atoms with Gasteiger partial charge in [-0.25, -0.2) is 15.0 Å². The minimum Gasteiger partial charge on any atom is -0.491 e. The number of nitrogens with zero attached hydrogens (tertiary/aromatic N) is 9. The molecule has 0 spiro atoms. The third-order valence-electron chi connectivity index (χ3n) is 10.0. The molecule has 8 rings (SSSR count). The van der Waals surface area contributed by atoms with Gasteiger partial charge < -0.3 is 34.9 Å². The van der Waals surface area contributed by atoms with Crippen molar-refractivity contribution in [3.63, 3.8) is 0 Å². The van der Waals surface area contributed by atoms with E-state index in [0.29, 0.717) is 86.4 Å². The lowest BCUT2D eigenvalue weighted by Crippen LogP contribution is -2.19. The van der Waals surface area contributed by atoms with Crippen LogP contribution in [0.2, 0.25) is 0 Å². The molecule has 6 aromatic heterocycles. The zero-order chi connectivity index (χ0) is 41.5. The Hall–Kier alpha value is -7.34. The van der Waals surface area contributed by atoms with Crippen molar-refractivity contribution in [2.24, 2.45) is 11.5 Å². The Bertz CT molecular complexity index is 2980. The average Bonchev–Trinajstić information content (AvgIpc) is 4.05. The first kappa shape index (κ1) is 38.5. The monoisotopic (exact) mass is 798 g/mol. The maximum Gasteiger partial charge on any atom is 0.276 e. The SMILES string of the molecule is CCn1nc(C)cc1C(=O)Nc1nc2cc(C(N)=O)c3ccoc3c2n1C/C=C/Cn1c2nc(-c3cc(C)nn3CC)ncc2c2cc(C(N)=O)cc(OCCCO)c21. The zero-order valence-electron chi connectivity index (χ0n) is 32.9. The number of amides is 3. The van der Waals surface area contributed by atoms with Crippen LogP contribution in [-0.2, 0) is 26.2 Å². The molecule has 0 aliphatic carbocycles. The zero-order valence-corrected chi connectivity index (χ0v) is 32.9. The van der Waals surface area contributed by atoms with E-state index in [2.05, 4.69) is 15.5 Å². The van der Waals surface area contributed by atoms with Gasteiger partial charge in [-0.05, 0) is 64.1 Å². The van der Waals surface area contributed by atoms with Crippen LogP contribution in [0, 0.1) is 13.8 Å². The summed E-state index contributed by atoms with van der Waals surface area (Å²) in [5.41, 5.74) is 17.2. The molecule has 0 saturated heterocycles. The van der Waals surface area contributed by atoms with Crippen molar-refractivity contribution in [1.29, 1.82) is 0 Å². The van der Waals surface area contributed by atoms with E-state index >= 15 is 0 Å². The lowest BCUT2D eigenvalue weighted by molar-refractivity contribution is 0.0992. The van der Waals surface area contributed by atoms with Crippen molar-refractivity contribution in [1.82, 2.24) is 43.6 Å². The predicted molar refractivity (Wildman–Crippen MR) is 220 cm³/mol. The second kappa shape index (κ2) is 15.5. The summed E-state index contributed by atoms with van der Waals surface area (Å²) >= 11 is 0. The molecule has 0 aliphatic rings. The molecule has 0 saturated carbocycles. The first-order chi connectivity index (χ1) is 28.5. The van der Waals surface area contributed by atoms with Crippen LogP contribution in [0.3, 0.4) is 0 Å². The number of benzene rings is 2. The highest BCUT2D eigenvalue weighted by Crippen LogP contribution is 2.37. The van der Waals surface area contributed by atoms with Gasteiger partial charge in [0.25, 0.3) is 5.91 Å². The number of imidazole rings is 1. The van der Waals surface area contributed by atoms with Crippen molar-refractivity contribution in [3.8, 4) is 17.3 Å². The Morgan fingerprint density at radius 2 is 1.63 bits per heavy atom. The third-order valence-corrected chi connectivity index (χ3v) is 10.0. The van der Waals surface area contributed by atoms with Gasteiger partial charge in [-0.3, -0.25) is 29.1 Å². The number of fused-ring (bicyclic) bond motifs is 6. The molecule has 302 valence electrons. The molecule has 6 heterocycles. The van der Waals surface area contributed by atoms with Crippen LogP contribution in [-0.4, -0.2) is 79.7 Å². The molecular formula is C41H42N12O6. The summed E-state index contributed by atoms with van der Waals surface area (Å²) in [5.74, 6) is -0.610. The van der Waals surface area contributed by atoms with E-state index in [1.54, 1.807) is 45.8 Å². The molecule has 2 aromatic carbocycles. The topological polar surface area (TPSA) is 242 Å². The summed E-state index contributed by atoms with van der Waals surface area (Å²) in [5, 5.41) is 23.3. The second-order valence-corrected chi connectivity index (χ2v) is 14.0. The molecule has 18 heteroatoms. The van der Waals surface area contributed by atoms with Gasteiger partial charge >= 0.3 is 0 Å². The van der Waals surface area contributed by atoms with E-state index < -0.39 is 17.7 Å². The third kappa shape index (κ3) is 6.92. The second-order valence-electron chi connectivity index (χ2n) is 14.0. The van der Waals surface area contributed by atoms with E-state index in [4.69, 9.17) is 35.6 Å². The Labute approximate surface area is 336 Å². The van der Waals surface area contributed by atoms with Crippen molar-refractivity contribution in [2.75, 3.05) is 18.5 Å². The Kier molecular flexibility index (Phi) is 10.1. The number of aryl methyl sites for hydroxylation is 4. The number of nitrogens with two attached hydrogens (primary N) is 2. The Morgan fingerprint density at radius 3 is 2.36 bits per heavy atom. The number of carbonyl (C=O) groups is 3. The van der Waals surface area contributed by atoms with Crippen LogP contribution in [0.5, 0.6) is 5.75 Å². The van der Waals surface area contributed by atoms with Gasteiger partial charge in [-0.15, -0.1) is 0 Å². The summed E-state index contributed by atoms with van der Waals surface area (Å²) < 4.78 is 19.3. The summed E-state index contributed by atoms with van der Waals surface area (Å²) in [6, 6.07) is 10.2. The van der Waals surface area contributed by atoms with Gasteiger partial charge in [0.15, 0.2) is 11.4 Å². The van der Waals surface area contributed by atoms with Gasteiger partial charge in [0, 0.05) is 67.1 Å². The molecular weight excluding hydrogens is 757 g/mol. The number of rotatable bonds is 15. The number of primary amides is 2. The number of aliphatic hydroxyl groups is 1. The molecule has 8 aromatic rings. The minimum atomic E-state index is -0.643. The normalized spacial score (nSPS) is 11.9. The van der Waals surface area contributed by atoms with Gasteiger partial charge in [0.2, 0.25) is 17.8 Å². The quantitative estimate of drug-likeness (QED) is 0.0806. The van der Waals surface area contributed by atoms with Crippen molar-refractivity contribution < 1.29 is 28.6 Å². The lowest BCUT2D eigenvalue weighted by atomic mass is 10.1. The molecule has 6 N–H and O–H groups in total. The van der Waals surface area contributed by atoms with Gasteiger partial charge in [0.05, 0.1) is 40.9 Å². The number of aromatic nitrogens is 9. The highest BCUT2D eigenvalue weighted by Gasteiger charge is 2.24.